The minimum absolute atomic E-state index is 0.825. The van der Waals surface area contributed by atoms with E-state index in [-0.39, 0.29) is 0 Å². The van der Waals surface area contributed by atoms with Crippen LogP contribution in [0.2, 0.25) is 0 Å². The molecule has 0 atom stereocenters. The van der Waals surface area contributed by atoms with Crippen LogP contribution < -0.4 is 11.1 Å². The number of hydrogen-bond donors (Lipinski definition) is 2. The summed E-state index contributed by atoms with van der Waals surface area (Å²) in [6, 6.07) is 19.2. The number of anilines is 1. The zero-order valence-electron chi connectivity index (χ0n) is 12.7. The second-order valence-corrected chi connectivity index (χ2v) is 5.43. The van der Waals surface area contributed by atoms with Crippen LogP contribution in [-0.4, -0.2) is 13.1 Å². The lowest BCUT2D eigenvalue weighted by molar-refractivity contribution is 0.629. The van der Waals surface area contributed by atoms with Gasteiger partial charge in [0.05, 0.1) is 0 Å². The lowest BCUT2D eigenvalue weighted by Crippen LogP contribution is -2.01. The SMILES string of the molecule is NCCCCCCCNc1ccc(-c2ccccc2)cc1. The van der Waals surface area contributed by atoms with Crippen LogP contribution in [0.5, 0.6) is 0 Å². The summed E-state index contributed by atoms with van der Waals surface area (Å²) in [5, 5.41) is 3.49. The van der Waals surface area contributed by atoms with Crippen molar-refractivity contribution in [1.82, 2.24) is 0 Å². The van der Waals surface area contributed by atoms with Gasteiger partial charge < -0.3 is 11.1 Å². The largest absolute Gasteiger partial charge is 0.385 e. The van der Waals surface area contributed by atoms with Crippen molar-refractivity contribution in [3.63, 3.8) is 0 Å². The van der Waals surface area contributed by atoms with Crippen LogP contribution in [0.25, 0.3) is 11.1 Å². The lowest BCUT2D eigenvalue weighted by Gasteiger charge is -2.08. The molecule has 0 aliphatic rings. The first-order chi connectivity index (χ1) is 10.4. The summed E-state index contributed by atoms with van der Waals surface area (Å²) in [6.07, 6.45) is 6.24. The van der Waals surface area contributed by atoms with Gasteiger partial charge in [0.25, 0.3) is 0 Å². The molecule has 0 amide bonds. The quantitative estimate of drug-likeness (QED) is 0.656. The van der Waals surface area contributed by atoms with Gasteiger partial charge in [-0.3, -0.25) is 0 Å². The maximum atomic E-state index is 5.49. The highest BCUT2D eigenvalue weighted by molar-refractivity contribution is 5.65. The van der Waals surface area contributed by atoms with Gasteiger partial charge in [0.2, 0.25) is 0 Å². The van der Waals surface area contributed by atoms with Crippen LogP contribution in [0.15, 0.2) is 54.6 Å². The summed E-state index contributed by atoms with van der Waals surface area (Å²) in [7, 11) is 0. The summed E-state index contributed by atoms with van der Waals surface area (Å²) in [5.41, 5.74) is 9.23. The predicted molar refractivity (Wildman–Crippen MR) is 92.5 cm³/mol. The minimum Gasteiger partial charge on any atom is -0.385 e. The Morgan fingerprint density at radius 3 is 2.00 bits per heavy atom. The maximum Gasteiger partial charge on any atom is 0.0340 e. The zero-order chi connectivity index (χ0) is 14.8. The standard InChI is InChI=1S/C19H26N2/c20-15-7-2-1-3-8-16-21-19-13-11-18(12-14-19)17-9-5-4-6-10-17/h4-6,9-14,21H,1-3,7-8,15-16,20H2. The van der Waals surface area contributed by atoms with Crippen LogP contribution in [0.4, 0.5) is 5.69 Å². The smallest absolute Gasteiger partial charge is 0.0340 e. The van der Waals surface area contributed by atoms with Gasteiger partial charge in [0, 0.05) is 12.2 Å². The van der Waals surface area contributed by atoms with Crippen LogP contribution >= 0.6 is 0 Å². The topological polar surface area (TPSA) is 38.0 Å². The maximum absolute atomic E-state index is 5.49. The van der Waals surface area contributed by atoms with Gasteiger partial charge in [0.15, 0.2) is 0 Å². The summed E-state index contributed by atoms with van der Waals surface area (Å²) >= 11 is 0. The van der Waals surface area contributed by atoms with Crippen molar-refractivity contribution in [3.8, 4) is 11.1 Å². The van der Waals surface area contributed by atoms with E-state index in [4.69, 9.17) is 5.73 Å². The molecule has 0 fully saturated rings. The molecule has 0 aliphatic heterocycles. The summed E-state index contributed by atoms with van der Waals surface area (Å²) in [5.74, 6) is 0. The van der Waals surface area contributed by atoms with Crippen LogP contribution in [-0.2, 0) is 0 Å². The molecule has 0 heterocycles. The number of nitrogens with one attached hydrogen (secondary N) is 1. The van der Waals surface area contributed by atoms with Crippen LogP contribution in [0.3, 0.4) is 0 Å². The molecule has 0 saturated carbocycles. The Kier molecular flexibility index (Phi) is 6.82. The molecule has 0 bridgehead atoms. The van der Waals surface area contributed by atoms with Gasteiger partial charge in [-0.25, -0.2) is 0 Å². The molecule has 0 aromatic heterocycles. The summed E-state index contributed by atoms with van der Waals surface area (Å²) in [4.78, 5) is 0. The van der Waals surface area contributed by atoms with E-state index in [2.05, 4.69) is 53.8 Å². The molecule has 0 unspecified atom stereocenters. The molecule has 0 spiro atoms. The van der Waals surface area contributed by atoms with Gasteiger partial charge in [-0.1, -0.05) is 61.7 Å². The number of rotatable bonds is 9. The molecule has 21 heavy (non-hydrogen) atoms. The molecular weight excluding hydrogens is 256 g/mol. The van der Waals surface area contributed by atoms with E-state index in [0.717, 1.165) is 19.5 Å². The zero-order valence-corrected chi connectivity index (χ0v) is 12.7. The first-order valence-corrected chi connectivity index (χ1v) is 7.99. The molecule has 0 saturated heterocycles. The van der Waals surface area contributed by atoms with Crippen molar-refractivity contribution >= 4 is 5.69 Å². The summed E-state index contributed by atoms with van der Waals surface area (Å²) < 4.78 is 0. The van der Waals surface area contributed by atoms with Crippen molar-refractivity contribution < 1.29 is 0 Å². The van der Waals surface area contributed by atoms with Gasteiger partial charge in [-0.15, -0.1) is 0 Å². The number of hydrogen-bond acceptors (Lipinski definition) is 2. The predicted octanol–water partition coefficient (Wildman–Crippen LogP) is 4.67. The average Bonchev–Trinajstić information content (AvgIpc) is 2.55. The first kappa shape index (κ1) is 15.6. The van der Waals surface area contributed by atoms with Crippen molar-refractivity contribution in [2.75, 3.05) is 18.4 Å². The van der Waals surface area contributed by atoms with E-state index in [1.54, 1.807) is 0 Å². The highest BCUT2D eigenvalue weighted by Gasteiger charge is 1.97. The fourth-order valence-electron chi connectivity index (χ4n) is 2.44. The van der Waals surface area contributed by atoms with Gasteiger partial charge in [-0.2, -0.15) is 0 Å². The molecule has 2 heteroatoms. The fourth-order valence-corrected chi connectivity index (χ4v) is 2.44. The molecule has 112 valence electrons. The number of unbranched alkanes of at least 4 members (excludes halogenated alkanes) is 4. The third kappa shape index (κ3) is 5.60. The van der Waals surface area contributed by atoms with E-state index in [1.165, 1.54) is 42.5 Å². The monoisotopic (exact) mass is 282 g/mol. The Morgan fingerprint density at radius 2 is 1.29 bits per heavy atom. The van der Waals surface area contributed by atoms with Crippen molar-refractivity contribution in [1.29, 1.82) is 0 Å². The average molecular weight is 282 g/mol. The molecule has 0 radical (unpaired) electrons. The lowest BCUT2D eigenvalue weighted by atomic mass is 10.1. The fraction of sp³-hybridized carbons (Fsp3) is 0.368. The van der Waals surface area contributed by atoms with Gasteiger partial charge >= 0.3 is 0 Å². The van der Waals surface area contributed by atoms with Crippen LogP contribution in [0.1, 0.15) is 32.1 Å². The Morgan fingerprint density at radius 1 is 0.667 bits per heavy atom. The highest BCUT2D eigenvalue weighted by Crippen LogP contribution is 2.20. The van der Waals surface area contributed by atoms with E-state index in [1.807, 2.05) is 6.07 Å². The highest BCUT2D eigenvalue weighted by atomic mass is 14.9. The molecule has 2 aromatic carbocycles. The molecule has 2 nitrogen and oxygen atoms in total. The molecule has 2 aromatic rings. The first-order valence-electron chi connectivity index (χ1n) is 7.99. The van der Waals surface area contributed by atoms with Crippen LogP contribution in [0, 0.1) is 0 Å². The third-order valence-electron chi connectivity index (χ3n) is 3.70. The molecule has 3 N–H and O–H groups in total. The van der Waals surface area contributed by atoms with E-state index in [0.29, 0.717) is 0 Å². The van der Waals surface area contributed by atoms with E-state index < -0.39 is 0 Å². The Bertz CT molecular complexity index is 491. The Labute approximate surface area is 128 Å². The van der Waals surface area contributed by atoms with Crippen molar-refractivity contribution in [2.45, 2.75) is 32.1 Å². The number of benzene rings is 2. The summed E-state index contributed by atoms with van der Waals surface area (Å²) in [6.45, 7) is 1.87. The van der Waals surface area contributed by atoms with E-state index in [9.17, 15) is 0 Å². The minimum atomic E-state index is 0.825. The third-order valence-corrected chi connectivity index (χ3v) is 3.70. The normalized spacial score (nSPS) is 10.5. The van der Waals surface area contributed by atoms with Crippen molar-refractivity contribution in [2.24, 2.45) is 5.73 Å². The number of nitrogens with two attached hydrogens (primary N) is 1. The molecular formula is C19H26N2. The molecule has 0 aliphatic carbocycles. The Balaban J connectivity index is 1.71. The van der Waals surface area contributed by atoms with Gasteiger partial charge in [0.1, 0.15) is 0 Å². The van der Waals surface area contributed by atoms with E-state index >= 15 is 0 Å². The Hall–Kier alpha value is -1.80. The second kappa shape index (κ2) is 9.19. The van der Waals surface area contributed by atoms with Crippen molar-refractivity contribution in [3.05, 3.63) is 54.6 Å². The second-order valence-electron chi connectivity index (χ2n) is 5.43. The van der Waals surface area contributed by atoms with Gasteiger partial charge in [-0.05, 0) is 42.6 Å². The molecule has 2 rings (SSSR count).